The van der Waals surface area contributed by atoms with Crippen LogP contribution in [0.4, 0.5) is 0 Å². The van der Waals surface area contributed by atoms with Crippen LogP contribution in [0.3, 0.4) is 0 Å². The Hall–Kier alpha value is -2.46. The molecule has 0 aliphatic carbocycles. The Kier molecular flexibility index (Phi) is 62.8. The minimum absolute atomic E-state index is 0.101. The molecule has 0 radical (unpaired) electrons. The van der Waals surface area contributed by atoms with Crippen molar-refractivity contribution < 1.29 is 80.2 Å². The van der Waals surface area contributed by atoms with Gasteiger partial charge in [-0.2, -0.15) is 0 Å². The SMILES string of the molecule is CCCCCC/C=C\C=C/CCCCCCCC(=O)OC[C@H](COP(=O)(O)OC[C@@H](O)COP(=O)(O)OC[C@@H](COC(=O)CCCCCCCCCC(C)C)OC(=O)CCCCCCCCCCC(C)C)OC(=O)CCCCCCCCCCCCCCCCCC. The van der Waals surface area contributed by atoms with Crippen LogP contribution in [0.25, 0.3) is 0 Å². The van der Waals surface area contributed by atoms with Crippen molar-refractivity contribution in [3.8, 4) is 0 Å². The smallest absolute Gasteiger partial charge is 0.462 e. The van der Waals surface area contributed by atoms with Gasteiger partial charge in [0, 0.05) is 25.7 Å². The second kappa shape index (κ2) is 64.5. The zero-order valence-corrected chi connectivity index (χ0v) is 61.1. The first-order valence-electron chi connectivity index (χ1n) is 37.3. The molecule has 3 N–H and O–H groups in total. The quantitative estimate of drug-likeness (QED) is 0.0169. The van der Waals surface area contributed by atoms with Gasteiger partial charge >= 0.3 is 39.5 Å². The van der Waals surface area contributed by atoms with Gasteiger partial charge in [-0.15, -0.1) is 0 Å². The van der Waals surface area contributed by atoms with Gasteiger partial charge in [-0.05, 0) is 63.2 Å². The van der Waals surface area contributed by atoms with E-state index in [1.165, 1.54) is 141 Å². The van der Waals surface area contributed by atoms with Crippen molar-refractivity contribution in [3.05, 3.63) is 24.3 Å². The summed E-state index contributed by atoms with van der Waals surface area (Å²) in [7, 11) is -9.92. The molecule has 0 spiro atoms. The van der Waals surface area contributed by atoms with Crippen LogP contribution in [0.5, 0.6) is 0 Å². The summed E-state index contributed by atoms with van der Waals surface area (Å²) in [6.07, 6.45) is 53.7. The van der Waals surface area contributed by atoms with Gasteiger partial charge in [0.15, 0.2) is 12.2 Å². The molecule has 92 heavy (non-hydrogen) atoms. The standard InChI is InChI=1S/C73H138O17P2/c1-7-9-11-13-15-17-19-21-23-25-27-29-31-38-45-51-57-72(77)89-68(61-83-70(75)55-49-43-37-30-28-26-24-22-20-18-16-14-12-10-8-2)63-87-91(79,80)85-59-67(74)60-86-92(81,82)88-64-69(62-84-71(76)56-50-44-40-34-36-42-48-54-66(5)6)90-73(78)58-52-46-39-33-32-35-41-47-53-65(3)4/h18,20,22,24,65-69,74H,7-17,19,21,23,25-64H2,1-6H3,(H,79,80)(H,81,82)/b20-18-,24-22-/t67-,68-,69-/m1/s1. The summed E-state index contributed by atoms with van der Waals surface area (Å²) in [6, 6.07) is 0. The molecule has 17 nitrogen and oxygen atoms in total. The molecule has 2 unspecified atom stereocenters. The molecular weight excluding hydrogens is 1210 g/mol. The lowest BCUT2D eigenvalue weighted by Crippen LogP contribution is -2.30. The van der Waals surface area contributed by atoms with E-state index in [1.807, 2.05) is 0 Å². The topological polar surface area (TPSA) is 237 Å². The van der Waals surface area contributed by atoms with Crippen LogP contribution >= 0.6 is 15.6 Å². The zero-order valence-electron chi connectivity index (χ0n) is 59.3. The third-order valence-electron chi connectivity index (χ3n) is 16.3. The molecule has 0 fully saturated rings. The number of phosphoric acid groups is 2. The molecular formula is C73H138O17P2. The van der Waals surface area contributed by atoms with E-state index in [0.29, 0.717) is 37.5 Å². The number of hydrogen-bond donors (Lipinski definition) is 3. The Morgan fingerprint density at radius 1 is 0.337 bits per heavy atom. The van der Waals surface area contributed by atoms with E-state index in [1.54, 1.807) is 0 Å². The Morgan fingerprint density at radius 3 is 0.891 bits per heavy atom. The summed E-state index contributed by atoms with van der Waals surface area (Å²) in [6.45, 7) is 9.40. The van der Waals surface area contributed by atoms with Crippen LogP contribution in [-0.2, 0) is 65.4 Å². The van der Waals surface area contributed by atoms with Crippen LogP contribution in [0.1, 0.15) is 350 Å². The summed E-state index contributed by atoms with van der Waals surface area (Å²) in [5.41, 5.74) is 0. The second-order valence-electron chi connectivity index (χ2n) is 26.6. The minimum atomic E-state index is -4.96. The molecule has 0 aliphatic heterocycles. The number of carbonyl (C=O) groups is 4. The third kappa shape index (κ3) is 66.2. The van der Waals surface area contributed by atoms with Gasteiger partial charge in [-0.25, -0.2) is 9.13 Å². The molecule has 542 valence electrons. The number of allylic oxidation sites excluding steroid dienone is 4. The molecule has 19 heteroatoms. The number of aliphatic hydroxyl groups is 1. The average Bonchev–Trinajstić information content (AvgIpc) is 2.50. The Balaban J connectivity index is 5.28. The molecule has 0 amide bonds. The Labute approximate surface area is 561 Å². The molecule has 0 aromatic heterocycles. The summed E-state index contributed by atoms with van der Waals surface area (Å²) >= 11 is 0. The van der Waals surface area contributed by atoms with Gasteiger partial charge in [0.2, 0.25) is 0 Å². The van der Waals surface area contributed by atoms with Crippen molar-refractivity contribution in [3.63, 3.8) is 0 Å². The fourth-order valence-electron chi connectivity index (χ4n) is 10.6. The average molecular weight is 1350 g/mol. The molecule has 0 saturated carbocycles. The maximum absolute atomic E-state index is 13.0. The number of aliphatic hydroxyl groups excluding tert-OH is 1. The summed E-state index contributed by atoms with van der Waals surface area (Å²) in [4.78, 5) is 72.6. The lowest BCUT2D eigenvalue weighted by atomic mass is 10.0. The van der Waals surface area contributed by atoms with Crippen LogP contribution in [0.2, 0.25) is 0 Å². The number of phosphoric ester groups is 2. The van der Waals surface area contributed by atoms with Crippen molar-refractivity contribution in [2.75, 3.05) is 39.6 Å². The van der Waals surface area contributed by atoms with E-state index in [-0.39, 0.29) is 25.7 Å². The fraction of sp³-hybridized carbons (Fsp3) is 0.890. The van der Waals surface area contributed by atoms with Gasteiger partial charge < -0.3 is 33.8 Å². The highest BCUT2D eigenvalue weighted by molar-refractivity contribution is 7.47. The van der Waals surface area contributed by atoms with Gasteiger partial charge in [-0.1, -0.05) is 297 Å². The molecule has 5 atom stereocenters. The van der Waals surface area contributed by atoms with E-state index in [9.17, 15) is 43.2 Å². The van der Waals surface area contributed by atoms with Crippen molar-refractivity contribution in [2.45, 2.75) is 368 Å². The molecule has 0 bridgehead atoms. The van der Waals surface area contributed by atoms with Crippen molar-refractivity contribution >= 4 is 39.5 Å². The van der Waals surface area contributed by atoms with E-state index >= 15 is 0 Å². The summed E-state index contributed by atoms with van der Waals surface area (Å²) < 4.78 is 68.3. The van der Waals surface area contributed by atoms with Crippen LogP contribution in [-0.4, -0.2) is 96.7 Å². The number of unbranched alkanes of at least 4 members (excludes halogenated alkanes) is 37. The Bertz CT molecular complexity index is 1880. The van der Waals surface area contributed by atoms with Gasteiger partial charge in [0.1, 0.15) is 19.3 Å². The molecule has 0 aromatic carbocycles. The van der Waals surface area contributed by atoms with E-state index in [4.69, 9.17) is 37.0 Å². The first kappa shape index (κ1) is 89.5. The molecule has 0 rings (SSSR count). The van der Waals surface area contributed by atoms with E-state index < -0.39 is 97.5 Å². The monoisotopic (exact) mass is 1350 g/mol. The van der Waals surface area contributed by atoms with E-state index in [2.05, 4.69) is 65.8 Å². The predicted octanol–water partition coefficient (Wildman–Crippen LogP) is 20.7. The fourth-order valence-corrected chi connectivity index (χ4v) is 12.2. The number of rotatable bonds is 70. The molecule has 0 aromatic rings. The normalized spacial score (nSPS) is 14.2. The van der Waals surface area contributed by atoms with Gasteiger partial charge in [-0.3, -0.25) is 37.3 Å². The second-order valence-corrected chi connectivity index (χ2v) is 29.5. The number of carbonyl (C=O) groups excluding carboxylic acids is 4. The lowest BCUT2D eigenvalue weighted by Gasteiger charge is -2.21. The van der Waals surface area contributed by atoms with Gasteiger partial charge in [0.25, 0.3) is 0 Å². The van der Waals surface area contributed by atoms with Crippen LogP contribution in [0.15, 0.2) is 24.3 Å². The number of esters is 4. The first-order chi connectivity index (χ1) is 44.4. The number of hydrogen-bond acceptors (Lipinski definition) is 15. The highest BCUT2D eigenvalue weighted by Crippen LogP contribution is 2.45. The number of ether oxygens (including phenoxy) is 4. The highest BCUT2D eigenvalue weighted by atomic mass is 31.2. The minimum Gasteiger partial charge on any atom is -0.462 e. The van der Waals surface area contributed by atoms with Crippen LogP contribution < -0.4 is 0 Å². The Morgan fingerprint density at radius 2 is 0.587 bits per heavy atom. The maximum Gasteiger partial charge on any atom is 0.472 e. The summed E-state index contributed by atoms with van der Waals surface area (Å²) in [5.74, 6) is -0.733. The molecule has 0 aliphatic rings. The molecule has 0 saturated heterocycles. The van der Waals surface area contributed by atoms with Crippen molar-refractivity contribution in [1.29, 1.82) is 0 Å². The zero-order chi connectivity index (χ0) is 67.9. The van der Waals surface area contributed by atoms with Crippen molar-refractivity contribution in [1.82, 2.24) is 0 Å². The summed E-state index contributed by atoms with van der Waals surface area (Å²) in [5, 5.41) is 10.6. The lowest BCUT2D eigenvalue weighted by molar-refractivity contribution is -0.161. The van der Waals surface area contributed by atoms with Crippen molar-refractivity contribution in [2.24, 2.45) is 11.8 Å². The maximum atomic E-state index is 13.0. The van der Waals surface area contributed by atoms with E-state index in [0.717, 1.165) is 116 Å². The van der Waals surface area contributed by atoms with Crippen LogP contribution in [0, 0.1) is 11.8 Å². The molecule has 0 heterocycles. The first-order valence-corrected chi connectivity index (χ1v) is 40.3. The predicted molar refractivity (Wildman–Crippen MR) is 372 cm³/mol. The largest absolute Gasteiger partial charge is 0.472 e. The van der Waals surface area contributed by atoms with Gasteiger partial charge in [0.05, 0.1) is 26.4 Å². The highest BCUT2D eigenvalue weighted by Gasteiger charge is 2.30. The third-order valence-corrected chi connectivity index (χ3v) is 18.2.